The molecule has 124 valence electrons. The van der Waals surface area contributed by atoms with Crippen LogP contribution in [0.1, 0.15) is 20.8 Å². The Bertz CT molecular complexity index is 555. The first-order valence-corrected chi connectivity index (χ1v) is 14.6. The fraction of sp³-hybridized carbons (Fsp3) is 0.529. The molecule has 0 bridgehead atoms. The van der Waals surface area contributed by atoms with Crippen molar-refractivity contribution >= 4 is 36.9 Å². The molecule has 0 unspecified atom stereocenters. The molecular formula is C17H29ClO2Si2. The zero-order chi connectivity index (χ0) is 17.3. The maximum atomic E-state index is 10.4. The molecule has 0 atom stereocenters. The standard InChI is InChI=1S/C17H29ClO2Si2/c1-9-12-20-15-13(19)10-11-14(22(7,8)18)16(15)21(5,6)17(2,3)4/h9-11,19H,1,12H2,2-8H3. The van der Waals surface area contributed by atoms with Crippen molar-refractivity contribution in [2.24, 2.45) is 0 Å². The van der Waals surface area contributed by atoms with Crippen LogP contribution in [0.5, 0.6) is 11.5 Å². The highest BCUT2D eigenvalue weighted by Crippen LogP contribution is 2.39. The number of phenolic OH excluding ortho intramolecular Hbond substituents is 1. The van der Waals surface area contributed by atoms with Crippen molar-refractivity contribution < 1.29 is 9.84 Å². The number of aromatic hydroxyl groups is 1. The van der Waals surface area contributed by atoms with Gasteiger partial charge in [-0.25, -0.2) is 0 Å². The van der Waals surface area contributed by atoms with Gasteiger partial charge < -0.3 is 9.84 Å². The summed E-state index contributed by atoms with van der Waals surface area (Å²) in [6.45, 7) is 19.7. The lowest BCUT2D eigenvalue weighted by Crippen LogP contribution is -2.60. The van der Waals surface area contributed by atoms with Crippen LogP contribution >= 0.6 is 11.1 Å². The molecule has 0 radical (unpaired) electrons. The number of halogens is 1. The number of benzene rings is 1. The Morgan fingerprint density at radius 2 is 1.77 bits per heavy atom. The van der Waals surface area contributed by atoms with Gasteiger partial charge in [-0.2, -0.15) is 11.1 Å². The van der Waals surface area contributed by atoms with E-state index in [9.17, 15) is 5.11 Å². The van der Waals surface area contributed by atoms with E-state index >= 15 is 0 Å². The van der Waals surface area contributed by atoms with Gasteiger partial charge in [0.1, 0.15) is 6.61 Å². The Hall–Kier alpha value is -0.716. The quantitative estimate of drug-likeness (QED) is 0.483. The Kier molecular flexibility index (Phi) is 5.64. The molecule has 0 fully saturated rings. The molecule has 1 N–H and O–H groups in total. The van der Waals surface area contributed by atoms with Crippen LogP contribution in [0, 0.1) is 0 Å². The predicted octanol–water partition coefficient (Wildman–Crippen LogP) is 4.32. The Morgan fingerprint density at radius 1 is 1.23 bits per heavy atom. The summed E-state index contributed by atoms with van der Waals surface area (Å²) in [5, 5.41) is 12.8. The third-order valence-corrected chi connectivity index (χ3v) is 12.7. The lowest BCUT2D eigenvalue weighted by molar-refractivity contribution is 0.339. The van der Waals surface area contributed by atoms with Crippen molar-refractivity contribution in [3.05, 3.63) is 24.8 Å². The molecule has 5 heteroatoms. The summed E-state index contributed by atoms with van der Waals surface area (Å²) in [5.74, 6) is 0.797. The van der Waals surface area contributed by atoms with E-state index < -0.39 is 15.5 Å². The first-order chi connectivity index (χ1) is 9.84. The summed E-state index contributed by atoms with van der Waals surface area (Å²) in [4.78, 5) is 0. The number of phenols is 1. The molecule has 1 rings (SSSR count). The molecule has 0 heterocycles. The summed E-state index contributed by atoms with van der Waals surface area (Å²) in [7, 11) is -4.00. The highest BCUT2D eigenvalue weighted by Gasteiger charge is 2.43. The third-order valence-electron chi connectivity index (χ3n) is 4.62. The second-order valence-corrected chi connectivity index (χ2v) is 19.4. The van der Waals surface area contributed by atoms with E-state index in [-0.39, 0.29) is 10.8 Å². The zero-order valence-corrected chi connectivity index (χ0v) is 17.6. The molecule has 0 aliphatic heterocycles. The third kappa shape index (κ3) is 3.78. The lowest BCUT2D eigenvalue weighted by atomic mass is 10.2. The molecule has 0 aliphatic rings. The molecule has 0 aliphatic carbocycles. The summed E-state index contributed by atoms with van der Waals surface area (Å²) < 4.78 is 5.86. The van der Waals surface area contributed by atoms with Gasteiger partial charge in [0.15, 0.2) is 18.9 Å². The van der Waals surface area contributed by atoms with Crippen LogP contribution in [-0.2, 0) is 0 Å². The summed E-state index contributed by atoms with van der Waals surface area (Å²) in [5.41, 5.74) is 0. The highest BCUT2D eigenvalue weighted by molar-refractivity contribution is 7.27. The summed E-state index contributed by atoms with van der Waals surface area (Å²) in [6.07, 6.45) is 1.70. The van der Waals surface area contributed by atoms with Gasteiger partial charge in [0.05, 0.1) is 8.07 Å². The fourth-order valence-electron chi connectivity index (χ4n) is 2.35. The molecular weight excluding hydrogens is 328 g/mol. The fourth-order valence-corrected chi connectivity index (χ4v) is 8.40. The van der Waals surface area contributed by atoms with Crippen LogP contribution in [0.3, 0.4) is 0 Å². The topological polar surface area (TPSA) is 29.5 Å². The summed E-state index contributed by atoms with van der Waals surface area (Å²) in [6, 6.07) is 3.70. The largest absolute Gasteiger partial charge is 0.504 e. The van der Waals surface area contributed by atoms with Gasteiger partial charge in [0.25, 0.3) is 0 Å². The second-order valence-electron chi connectivity index (χ2n) is 7.78. The number of hydrogen-bond acceptors (Lipinski definition) is 2. The first kappa shape index (κ1) is 19.3. The SMILES string of the molecule is C=CCOc1c(O)ccc([Si](C)(C)Cl)c1[Si](C)(C)C(C)(C)C. The van der Waals surface area contributed by atoms with E-state index in [4.69, 9.17) is 15.8 Å². The van der Waals surface area contributed by atoms with Crippen LogP contribution in [0.4, 0.5) is 0 Å². The molecule has 2 nitrogen and oxygen atoms in total. The van der Waals surface area contributed by atoms with Crippen molar-refractivity contribution in [2.45, 2.75) is 52.0 Å². The van der Waals surface area contributed by atoms with E-state index in [0.29, 0.717) is 12.4 Å². The van der Waals surface area contributed by atoms with Crippen molar-refractivity contribution in [3.8, 4) is 11.5 Å². The van der Waals surface area contributed by atoms with Crippen LogP contribution < -0.4 is 15.1 Å². The monoisotopic (exact) mass is 356 g/mol. The Morgan fingerprint density at radius 3 is 2.18 bits per heavy atom. The number of hydrogen-bond donors (Lipinski definition) is 1. The number of ether oxygens (including phenoxy) is 1. The predicted molar refractivity (Wildman–Crippen MR) is 104 cm³/mol. The average Bonchev–Trinajstić information content (AvgIpc) is 2.34. The normalized spacial score (nSPS) is 13.1. The van der Waals surface area contributed by atoms with E-state index in [0.717, 1.165) is 5.19 Å². The Balaban J connectivity index is 3.75. The van der Waals surface area contributed by atoms with Gasteiger partial charge in [-0.15, -0.1) is 0 Å². The molecule has 1 aromatic carbocycles. The second kappa shape index (κ2) is 6.42. The minimum absolute atomic E-state index is 0.123. The van der Waals surface area contributed by atoms with Crippen molar-refractivity contribution in [1.29, 1.82) is 0 Å². The maximum absolute atomic E-state index is 10.4. The minimum Gasteiger partial charge on any atom is -0.504 e. The van der Waals surface area contributed by atoms with Gasteiger partial charge in [0.2, 0.25) is 0 Å². The van der Waals surface area contributed by atoms with Gasteiger partial charge in [-0.1, -0.05) is 65.7 Å². The molecule has 0 spiro atoms. The van der Waals surface area contributed by atoms with E-state index in [1.165, 1.54) is 5.19 Å². The van der Waals surface area contributed by atoms with Crippen LogP contribution in [0.2, 0.25) is 31.2 Å². The summed E-state index contributed by atoms with van der Waals surface area (Å²) >= 11 is 6.78. The van der Waals surface area contributed by atoms with E-state index in [1.807, 2.05) is 6.07 Å². The first-order valence-electron chi connectivity index (χ1n) is 7.63. The molecule has 22 heavy (non-hydrogen) atoms. The van der Waals surface area contributed by atoms with Crippen molar-refractivity contribution in [3.63, 3.8) is 0 Å². The highest BCUT2D eigenvalue weighted by atomic mass is 35.6. The zero-order valence-electron chi connectivity index (χ0n) is 14.9. The van der Waals surface area contributed by atoms with Crippen molar-refractivity contribution in [2.75, 3.05) is 6.61 Å². The molecule has 0 aromatic heterocycles. The smallest absolute Gasteiger partial charge is 0.180 e. The van der Waals surface area contributed by atoms with Gasteiger partial charge >= 0.3 is 0 Å². The van der Waals surface area contributed by atoms with Crippen LogP contribution in [-0.4, -0.2) is 27.2 Å². The Labute approximate surface area is 141 Å². The van der Waals surface area contributed by atoms with Crippen molar-refractivity contribution in [1.82, 2.24) is 0 Å². The number of rotatable bonds is 5. The molecule has 0 saturated heterocycles. The molecule has 1 aromatic rings. The maximum Gasteiger partial charge on any atom is 0.180 e. The van der Waals surface area contributed by atoms with Gasteiger partial charge in [-0.3, -0.25) is 0 Å². The molecule has 0 amide bonds. The minimum atomic E-state index is -2.07. The molecule has 0 saturated carbocycles. The average molecular weight is 357 g/mol. The van der Waals surface area contributed by atoms with Gasteiger partial charge in [-0.05, 0) is 21.5 Å². The van der Waals surface area contributed by atoms with Gasteiger partial charge in [0, 0.05) is 0 Å². The lowest BCUT2D eigenvalue weighted by Gasteiger charge is -2.41. The van der Waals surface area contributed by atoms with E-state index in [2.05, 4.69) is 53.5 Å². The van der Waals surface area contributed by atoms with Crippen LogP contribution in [0.15, 0.2) is 24.8 Å². The van der Waals surface area contributed by atoms with E-state index in [1.54, 1.807) is 12.1 Å². The van der Waals surface area contributed by atoms with Crippen LogP contribution in [0.25, 0.3) is 0 Å².